The Morgan fingerprint density at radius 1 is 0.667 bits per heavy atom. The molecule has 0 amide bonds. The summed E-state index contributed by atoms with van der Waals surface area (Å²) in [4.78, 5) is 0. The van der Waals surface area contributed by atoms with Crippen molar-refractivity contribution in [2.75, 3.05) is 14.2 Å². The van der Waals surface area contributed by atoms with Crippen LogP contribution in [0.5, 0.6) is 0 Å². The minimum atomic E-state index is -1.42. The lowest BCUT2D eigenvalue weighted by Crippen LogP contribution is -2.35. The number of benzene rings is 4. The molecule has 1 radical (unpaired) electrons. The van der Waals surface area contributed by atoms with Crippen molar-refractivity contribution in [3.63, 3.8) is 0 Å². The molecule has 0 aliphatic heterocycles. The van der Waals surface area contributed by atoms with Crippen LogP contribution in [0, 0.1) is 0 Å². The Morgan fingerprint density at radius 2 is 1.24 bits per heavy atom. The van der Waals surface area contributed by atoms with Crippen LogP contribution in [0.3, 0.4) is 0 Å². The highest BCUT2D eigenvalue weighted by molar-refractivity contribution is 6.65. The standard InChI is InChI=1S/C18H15O2Si/c1-19-21(20-2)16-11-9-14-7-6-12-4-3-5-13-8-10-15(16)18(14)17(12)13/h3-11H,1-2H3. The number of rotatable bonds is 3. The number of hydrogen-bond donors (Lipinski definition) is 0. The van der Waals surface area contributed by atoms with E-state index in [1.807, 2.05) is 0 Å². The van der Waals surface area contributed by atoms with Gasteiger partial charge in [0, 0.05) is 19.4 Å². The normalized spacial score (nSPS) is 12.1. The van der Waals surface area contributed by atoms with E-state index < -0.39 is 9.28 Å². The molecule has 0 fully saturated rings. The lowest BCUT2D eigenvalue weighted by molar-refractivity contribution is 0.292. The molecule has 0 spiro atoms. The van der Waals surface area contributed by atoms with Crippen LogP contribution < -0.4 is 5.19 Å². The summed E-state index contributed by atoms with van der Waals surface area (Å²) in [6, 6.07) is 19.6. The monoisotopic (exact) mass is 291 g/mol. The van der Waals surface area contributed by atoms with Gasteiger partial charge in [-0.25, -0.2) is 0 Å². The molecule has 0 atom stereocenters. The second-order valence-corrected chi connectivity index (χ2v) is 7.09. The Balaban J connectivity index is 2.20. The highest BCUT2D eigenvalue weighted by atomic mass is 28.3. The van der Waals surface area contributed by atoms with Crippen molar-refractivity contribution in [3.05, 3.63) is 54.6 Å². The van der Waals surface area contributed by atoms with Crippen LogP contribution in [0.15, 0.2) is 54.6 Å². The third-order valence-corrected chi connectivity index (χ3v) is 5.74. The van der Waals surface area contributed by atoms with Gasteiger partial charge in [-0.1, -0.05) is 54.6 Å². The predicted octanol–water partition coefficient (Wildman–Crippen LogP) is 3.57. The third-order valence-electron chi connectivity index (χ3n) is 4.12. The predicted molar refractivity (Wildman–Crippen MR) is 89.6 cm³/mol. The highest BCUT2D eigenvalue weighted by Gasteiger charge is 2.20. The Morgan fingerprint density at radius 3 is 1.90 bits per heavy atom. The molecule has 0 saturated heterocycles. The van der Waals surface area contributed by atoms with E-state index in [0.717, 1.165) is 0 Å². The van der Waals surface area contributed by atoms with Gasteiger partial charge in [0.15, 0.2) is 0 Å². The molecule has 0 unspecified atom stereocenters. The third kappa shape index (κ3) is 1.79. The van der Waals surface area contributed by atoms with Crippen LogP contribution in [0.25, 0.3) is 32.3 Å². The fraction of sp³-hybridized carbons (Fsp3) is 0.111. The minimum absolute atomic E-state index is 1.18. The maximum Gasteiger partial charge on any atom is 0.423 e. The van der Waals surface area contributed by atoms with Gasteiger partial charge in [0.25, 0.3) is 0 Å². The van der Waals surface area contributed by atoms with Crippen molar-refractivity contribution >= 4 is 46.8 Å². The molecule has 2 nitrogen and oxygen atoms in total. The Labute approximate surface area is 125 Å². The van der Waals surface area contributed by atoms with E-state index in [2.05, 4.69) is 54.6 Å². The van der Waals surface area contributed by atoms with E-state index in [4.69, 9.17) is 8.85 Å². The fourth-order valence-corrected chi connectivity index (χ4v) is 4.47. The molecule has 4 aromatic rings. The van der Waals surface area contributed by atoms with E-state index in [-0.39, 0.29) is 0 Å². The molecular formula is C18H15O2Si. The van der Waals surface area contributed by atoms with Gasteiger partial charge in [0.05, 0.1) is 0 Å². The SMILES string of the molecule is CO[Si](OC)c1ccc2ccc3cccc4ccc1c2c34. The largest absolute Gasteiger partial charge is 0.423 e. The van der Waals surface area contributed by atoms with Crippen LogP contribution >= 0.6 is 0 Å². The number of hydrogen-bond acceptors (Lipinski definition) is 2. The van der Waals surface area contributed by atoms with Crippen LogP contribution in [-0.2, 0) is 8.85 Å². The van der Waals surface area contributed by atoms with Crippen molar-refractivity contribution in [1.82, 2.24) is 0 Å². The first kappa shape index (κ1) is 12.8. The molecule has 0 aliphatic rings. The molecule has 4 rings (SSSR count). The van der Waals surface area contributed by atoms with Crippen molar-refractivity contribution in [1.29, 1.82) is 0 Å². The highest BCUT2D eigenvalue weighted by Crippen LogP contribution is 2.33. The van der Waals surface area contributed by atoms with Crippen LogP contribution in [0.2, 0.25) is 0 Å². The lowest BCUT2D eigenvalue weighted by atomic mass is 9.94. The summed E-state index contributed by atoms with van der Waals surface area (Å²) in [5.74, 6) is 0. The van der Waals surface area contributed by atoms with Gasteiger partial charge in [-0.15, -0.1) is 0 Å². The van der Waals surface area contributed by atoms with E-state index in [0.29, 0.717) is 0 Å². The summed E-state index contributed by atoms with van der Waals surface area (Å²) in [6.07, 6.45) is 0. The zero-order valence-electron chi connectivity index (χ0n) is 12.0. The quantitative estimate of drug-likeness (QED) is 0.424. The molecule has 0 N–H and O–H groups in total. The fourth-order valence-electron chi connectivity index (χ4n) is 3.22. The summed E-state index contributed by atoms with van der Waals surface area (Å²) in [5, 5.41) is 8.91. The molecule has 0 saturated carbocycles. The van der Waals surface area contributed by atoms with Gasteiger partial charge in [-0.3, -0.25) is 0 Å². The van der Waals surface area contributed by atoms with Crippen LogP contribution in [0.4, 0.5) is 0 Å². The second kappa shape index (κ2) is 4.81. The second-order valence-electron chi connectivity index (χ2n) is 5.16. The molecule has 21 heavy (non-hydrogen) atoms. The van der Waals surface area contributed by atoms with Crippen molar-refractivity contribution in [2.24, 2.45) is 0 Å². The average molecular weight is 291 g/mol. The summed E-state index contributed by atoms with van der Waals surface area (Å²) in [6.45, 7) is 0. The van der Waals surface area contributed by atoms with Gasteiger partial charge in [-0.2, -0.15) is 0 Å². The molecular weight excluding hydrogens is 276 g/mol. The Hall–Kier alpha value is -1.94. The van der Waals surface area contributed by atoms with Gasteiger partial charge in [0.2, 0.25) is 0 Å². The van der Waals surface area contributed by atoms with Gasteiger partial charge < -0.3 is 8.85 Å². The lowest BCUT2D eigenvalue weighted by Gasteiger charge is -2.16. The maximum absolute atomic E-state index is 5.56. The zero-order valence-corrected chi connectivity index (χ0v) is 13.0. The molecule has 0 aliphatic carbocycles. The summed E-state index contributed by atoms with van der Waals surface area (Å²) in [7, 11) is 2.01. The van der Waals surface area contributed by atoms with E-state index in [9.17, 15) is 0 Å². The first-order valence-electron chi connectivity index (χ1n) is 6.95. The zero-order chi connectivity index (χ0) is 14.4. The smallest absolute Gasteiger partial charge is 0.393 e. The summed E-state index contributed by atoms with van der Waals surface area (Å²) in [5.41, 5.74) is 0. The van der Waals surface area contributed by atoms with E-state index in [1.54, 1.807) is 14.2 Å². The summed E-state index contributed by atoms with van der Waals surface area (Å²) < 4.78 is 11.1. The average Bonchev–Trinajstić information content (AvgIpc) is 2.55. The van der Waals surface area contributed by atoms with E-state index in [1.165, 1.54) is 37.5 Å². The first-order chi connectivity index (χ1) is 10.3. The molecule has 4 aromatic carbocycles. The van der Waals surface area contributed by atoms with Gasteiger partial charge in [0.1, 0.15) is 0 Å². The first-order valence-corrected chi connectivity index (χ1v) is 8.27. The van der Waals surface area contributed by atoms with Gasteiger partial charge in [-0.05, 0) is 32.3 Å². The van der Waals surface area contributed by atoms with Crippen molar-refractivity contribution in [3.8, 4) is 0 Å². The Kier molecular flexibility index (Phi) is 2.92. The van der Waals surface area contributed by atoms with Crippen LogP contribution in [-0.4, -0.2) is 23.5 Å². The van der Waals surface area contributed by atoms with Crippen LogP contribution in [0.1, 0.15) is 0 Å². The summed E-state index contributed by atoms with van der Waals surface area (Å²) >= 11 is 0. The van der Waals surface area contributed by atoms with E-state index >= 15 is 0 Å². The molecule has 0 bridgehead atoms. The Bertz CT molecular complexity index is 913. The van der Waals surface area contributed by atoms with Gasteiger partial charge >= 0.3 is 9.28 Å². The molecule has 0 heterocycles. The topological polar surface area (TPSA) is 18.5 Å². The van der Waals surface area contributed by atoms with Crippen molar-refractivity contribution in [2.45, 2.75) is 0 Å². The molecule has 0 aromatic heterocycles. The minimum Gasteiger partial charge on any atom is -0.393 e. The molecule has 3 heteroatoms. The molecule has 103 valence electrons. The maximum atomic E-state index is 5.56. The van der Waals surface area contributed by atoms with Crippen molar-refractivity contribution < 1.29 is 8.85 Å².